The molecule has 3 atom stereocenters. The quantitative estimate of drug-likeness (QED) is 0.712. The Balaban J connectivity index is 2.10. The first kappa shape index (κ1) is 11.1. The largest absolute Gasteiger partial charge is 0.298 e. The summed E-state index contributed by atoms with van der Waals surface area (Å²) in [5.41, 5.74) is 0. The summed E-state index contributed by atoms with van der Waals surface area (Å²) in [5.74, 6) is 1.28. The number of ketones is 1. The second-order valence-corrected chi connectivity index (χ2v) is 5.01. The van der Waals surface area contributed by atoms with Crippen molar-refractivity contribution < 1.29 is 4.79 Å². The van der Waals surface area contributed by atoms with Crippen molar-refractivity contribution in [3.05, 3.63) is 0 Å². The Bertz CT molecular complexity index is 239. The molecule has 0 spiro atoms. The van der Waals surface area contributed by atoms with Crippen molar-refractivity contribution >= 4 is 5.78 Å². The van der Waals surface area contributed by atoms with Crippen LogP contribution >= 0.6 is 0 Å². The first-order valence-corrected chi connectivity index (χ1v) is 6.56. The van der Waals surface area contributed by atoms with E-state index in [1.165, 1.54) is 25.7 Å². The maximum Gasteiger partial charge on any atom is 0.149 e. The molecule has 0 aromatic rings. The highest BCUT2D eigenvalue weighted by molar-refractivity contribution is 5.84. The van der Waals surface area contributed by atoms with Crippen LogP contribution in [0.2, 0.25) is 0 Å². The fourth-order valence-electron chi connectivity index (χ4n) is 3.56. The average Bonchev–Trinajstić information content (AvgIpc) is 2.66. The third-order valence-electron chi connectivity index (χ3n) is 4.31. The SMILES string of the molecule is CCC(=O)C1CC2CCCCC2N1CC. The van der Waals surface area contributed by atoms with E-state index in [-0.39, 0.29) is 6.04 Å². The first-order valence-electron chi connectivity index (χ1n) is 6.56. The van der Waals surface area contributed by atoms with Gasteiger partial charge >= 0.3 is 0 Å². The highest BCUT2D eigenvalue weighted by atomic mass is 16.1. The molecule has 0 bridgehead atoms. The van der Waals surface area contributed by atoms with Gasteiger partial charge in [-0.3, -0.25) is 9.69 Å². The van der Waals surface area contributed by atoms with Crippen LogP contribution in [0.4, 0.5) is 0 Å². The van der Waals surface area contributed by atoms with Gasteiger partial charge < -0.3 is 0 Å². The average molecular weight is 209 g/mol. The number of hydrogen-bond acceptors (Lipinski definition) is 2. The molecule has 0 N–H and O–H groups in total. The molecule has 1 aliphatic heterocycles. The molecule has 0 radical (unpaired) electrons. The number of Topliss-reactive ketones (excluding diaryl/α,β-unsaturated/α-hetero) is 1. The van der Waals surface area contributed by atoms with Crippen LogP contribution in [0.5, 0.6) is 0 Å². The minimum Gasteiger partial charge on any atom is -0.298 e. The van der Waals surface area contributed by atoms with Gasteiger partial charge in [0.25, 0.3) is 0 Å². The van der Waals surface area contributed by atoms with E-state index in [9.17, 15) is 4.79 Å². The van der Waals surface area contributed by atoms with E-state index in [0.717, 1.165) is 24.9 Å². The van der Waals surface area contributed by atoms with Crippen molar-refractivity contribution in [1.82, 2.24) is 4.90 Å². The van der Waals surface area contributed by atoms with Gasteiger partial charge in [-0.2, -0.15) is 0 Å². The number of likely N-dealkylation sites (tertiary alicyclic amines) is 1. The molecule has 3 unspecified atom stereocenters. The normalized spacial score (nSPS) is 36.5. The molecule has 0 aromatic carbocycles. The Morgan fingerprint density at radius 2 is 2.00 bits per heavy atom. The monoisotopic (exact) mass is 209 g/mol. The molecular formula is C13H23NO. The lowest BCUT2D eigenvalue weighted by Gasteiger charge is -2.32. The van der Waals surface area contributed by atoms with E-state index in [0.29, 0.717) is 12.2 Å². The summed E-state index contributed by atoms with van der Waals surface area (Å²) >= 11 is 0. The summed E-state index contributed by atoms with van der Waals surface area (Å²) in [5, 5.41) is 0. The van der Waals surface area contributed by atoms with Gasteiger partial charge in [0.05, 0.1) is 6.04 Å². The molecule has 2 heteroatoms. The molecule has 1 heterocycles. The smallest absolute Gasteiger partial charge is 0.149 e. The van der Waals surface area contributed by atoms with Crippen molar-refractivity contribution in [2.24, 2.45) is 5.92 Å². The zero-order valence-electron chi connectivity index (χ0n) is 10.0. The highest BCUT2D eigenvalue weighted by Gasteiger charge is 2.43. The van der Waals surface area contributed by atoms with Crippen LogP contribution in [0.1, 0.15) is 52.4 Å². The highest BCUT2D eigenvalue weighted by Crippen LogP contribution is 2.39. The van der Waals surface area contributed by atoms with Crippen molar-refractivity contribution in [1.29, 1.82) is 0 Å². The number of carbonyl (C=O) groups excluding carboxylic acids is 1. The Morgan fingerprint density at radius 1 is 1.27 bits per heavy atom. The van der Waals surface area contributed by atoms with Crippen LogP contribution < -0.4 is 0 Å². The molecule has 1 saturated carbocycles. The van der Waals surface area contributed by atoms with E-state index in [1.54, 1.807) is 0 Å². The lowest BCUT2D eigenvalue weighted by Crippen LogP contribution is -2.41. The van der Waals surface area contributed by atoms with Gasteiger partial charge in [-0.1, -0.05) is 26.7 Å². The van der Waals surface area contributed by atoms with Crippen molar-refractivity contribution in [2.75, 3.05) is 6.54 Å². The van der Waals surface area contributed by atoms with Gasteiger partial charge in [-0.15, -0.1) is 0 Å². The molecule has 2 aliphatic rings. The predicted molar refractivity (Wildman–Crippen MR) is 61.8 cm³/mol. The molecular weight excluding hydrogens is 186 g/mol. The van der Waals surface area contributed by atoms with Gasteiger partial charge in [0.2, 0.25) is 0 Å². The number of likely N-dealkylation sites (N-methyl/N-ethyl adjacent to an activating group) is 1. The summed E-state index contributed by atoms with van der Waals surface area (Å²) < 4.78 is 0. The number of nitrogens with zero attached hydrogens (tertiary/aromatic N) is 1. The van der Waals surface area contributed by atoms with Gasteiger partial charge in [0.1, 0.15) is 5.78 Å². The predicted octanol–water partition coefficient (Wildman–Crippen LogP) is 2.62. The van der Waals surface area contributed by atoms with Crippen LogP contribution in [0.25, 0.3) is 0 Å². The van der Waals surface area contributed by atoms with Crippen LogP contribution in [0.15, 0.2) is 0 Å². The second kappa shape index (κ2) is 4.65. The Hall–Kier alpha value is -0.370. The third-order valence-corrected chi connectivity index (χ3v) is 4.31. The maximum absolute atomic E-state index is 11.9. The fraction of sp³-hybridized carbons (Fsp3) is 0.923. The van der Waals surface area contributed by atoms with Crippen molar-refractivity contribution in [2.45, 2.75) is 64.5 Å². The fourth-order valence-corrected chi connectivity index (χ4v) is 3.56. The zero-order valence-corrected chi connectivity index (χ0v) is 10.0. The molecule has 2 fully saturated rings. The van der Waals surface area contributed by atoms with Gasteiger partial charge in [-0.25, -0.2) is 0 Å². The number of rotatable bonds is 3. The summed E-state index contributed by atoms with van der Waals surface area (Å²) in [6.45, 7) is 5.25. The van der Waals surface area contributed by atoms with E-state index in [4.69, 9.17) is 0 Å². The number of hydrogen-bond donors (Lipinski definition) is 0. The molecule has 86 valence electrons. The summed E-state index contributed by atoms with van der Waals surface area (Å²) in [6, 6.07) is 0.984. The van der Waals surface area contributed by atoms with E-state index < -0.39 is 0 Å². The van der Waals surface area contributed by atoms with Crippen LogP contribution in [-0.4, -0.2) is 29.3 Å². The van der Waals surface area contributed by atoms with Gasteiger partial charge in [-0.05, 0) is 31.7 Å². The van der Waals surface area contributed by atoms with Gasteiger partial charge in [0, 0.05) is 12.5 Å². The zero-order chi connectivity index (χ0) is 10.8. The Kier molecular flexibility index (Phi) is 3.45. The van der Waals surface area contributed by atoms with E-state index in [1.807, 2.05) is 6.92 Å². The summed E-state index contributed by atoms with van der Waals surface area (Å²) in [7, 11) is 0. The van der Waals surface area contributed by atoms with Crippen molar-refractivity contribution in [3.63, 3.8) is 0 Å². The van der Waals surface area contributed by atoms with Crippen molar-refractivity contribution in [3.8, 4) is 0 Å². The molecule has 2 nitrogen and oxygen atoms in total. The number of fused-ring (bicyclic) bond motifs is 1. The van der Waals surface area contributed by atoms with Crippen LogP contribution in [0, 0.1) is 5.92 Å². The molecule has 0 aromatic heterocycles. The Labute approximate surface area is 93.0 Å². The first-order chi connectivity index (χ1) is 7.27. The molecule has 0 amide bonds. The van der Waals surface area contributed by atoms with Crippen LogP contribution in [0.3, 0.4) is 0 Å². The van der Waals surface area contributed by atoms with Crippen LogP contribution in [-0.2, 0) is 4.79 Å². The lowest BCUT2D eigenvalue weighted by molar-refractivity contribution is -0.123. The minimum atomic E-state index is 0.257. The van der Waals surface area contributed by atoms with E-state index >= 15 is 0 Å². The summed E-state index contributed by atoms with van der Waals surface area (Å²) in [6.07, 6.45) is 7.28. The standard InChI is InChI=1S/C13H23NO/c1-3-13(15)12-9-10-7-5-6-8-11(10)14(12)4-2/h10-12H,3-9H2,1-2H3. The van der Waals surface area contributed by atoms with Gasteiger partial charge in [0.15, 0.2) is 0 Å². The lowest BCUT2D eigenvalue weighted by atomic mass is 9.84. The molecule has 15 heavy (non-hydrogen) atoms. The second-order valence-electron chi connectivity index (χ2n) is 5.01. The molecule has 1 saturated heterocycles. The number of carbonyl (C=O) groups is 1. The minimum absolute atomic E-state index is 0.257. The maximum atomic E-state index is 11.9. The molecule has 1 aliphatic carbocycles. The molecule has 2 rings (SSSR count). The van der Waals surface area contributed by atoms with E-state index in [2.05, 4.69) is 11.8 Å². The third kappa shape index (κ3) is 1.96. The Morgan fingerprint density at radius 3 is 2.67 bits per heavy atom. The topological polar surface area (TPSA) is 20.3 Å². The summed E-state index contributed by atoms with van der Waals surface area (Å²) in [4.78, 5) is 14.4.